The van der Waals surface area contributed by atoms with E-state index < -0.39 is 9.05 Å². The molecule has 2 rings (SSSR count). The fourth-order valence-electron chi connectivity index (χ4n) is 1.46. The van der Waals surface area contributed by atoms with Crippen molar-refractivity contribution in [2.75, 3.05) is 0 Å². The summed E-state index contributed by atoms with van der Waals surface area (Å²) in [6.07, 6.45) is 0. The van der Waals surface area contributed by atoms with E-state index in [-0.39, 0.29) is 10.5 Å². The summed E-state index contributed by atoms with van der Waals surface area (Å²) in [5, 5.41) is 2.84. The van der Waals surface area contributed by atoms with Crippen LogP contribution in [0.15, 0.2) is 40.0 Å². The number of aromatic nitrogens is 2. The van der Waals surface area contributed by atoms with Crippen LogP contribution >= 0.6 is 10.7 Å². The minimum absolute atomic E-state index is 0.000700. The molecule has 0 saturated carbocycles. The van der Waals surface area contributed by atoms with Crippen LogP contribution in [-0.4, -0.2) is 18.2 Å². The minimum Gasteiger partial charge on any atom is -0.295 e. The van der Waals surface area contributed by atoms with Gasteiger partial charge >= 0.3 is 0 Å². The molecule has 1 aromatic carbocycles. The van der Waals surface area contributed by atoms with Crippen LogP contribution in [0.1, 0.15) is 5.69 Å². The number of aromatic amines is 1. The molecule has 1 heterocycles. The second kappa shape index (κ2) is 4.05. The van der Waals surface area contributed by atoms with E-state index in [1.54, 1.807) is 6.92 Å². The molecule has 2 aromatic rings. The number of rotatable bonds is 2. The Balaban J connectivity index is 2.50. The summed E-state index contributed by atoms with van der Waals surface area (Å²) in [6.45, 7) is 1.76. The van der Waals surface area contributed by atoms with E-state index in [4.69, 9.17) is 10.7 Å². The third kappa shape index (κ3) is 2.42. The average molecular weight is 273 g/mol. The fraction of sp³-hybridized carbons (Fsp3) is 0.100. The summed E-state index contributed by atoms with van der Waals surface area (Å²) >= 11 is 0. The molecule has 0 fully saturated rings. The van der Waals surface area contributed by atoms with Gasteiger partial charge in [0.25, 0.3) is 14.6 Å². The monoisotopic (exact) mass is 272 g/mol. The van der Waals surface area contributed by atoms with E-state index in [0.717, 1.165) is 5.69 Å². The standard InChI is InChI=1S/C10H9ClN2O3S/c1-7-6-10(14)13(12-7)8-2-4-9(5-3-8)17(11,15)16/h2-6,12H,1H3. The predicted molar refractivity (Wildman–Crippen MR) is 64.2 cm³/mol. The van der Waals surface area contributed by atoms with Crippen molar-refractivity contribution in [1.29, 1.82) is 0 Å². The summed E-state index contributed by atoms with van der Waals surface area (Å²) in [7, 11) is 1.46. The second-order valence-corrected chi connectivity index (χ2v) is 6.11. The maximum absolute atomic E-state index is 11.5. The van der Waals surface area contributed by atoms with Crippen LogP contribution in [0, 0.1) is 6.92 Å². The molecule has 0 aliphatic carbocycles. The van der Waals surface area contributed by atoms with Crippen molar-refractivity contribution >= 4 is 19.7 Å². The maximum atomic E-state index is 11.5. The molecular formula is C10H9ClN2O3S. The van der Waals surface area contributed by atoms with Gasteiger partial charge in [0, 0.05) is 22.4 Å². The van der Waals surface area contributed by atoms with E-state index >= 15 is 0 Å². The molecule has 17 heavy (non-hydrogen) atoms. The molecule has 0 amide bonds. The van der Waals surface area contributed by atoms with E-state index in [1.807, 2.05) is 0 Å². The number of hydrogen-bond donors (Lipinski definition) is 1. The molecule has 0 atom stereocenters. The van der Waals surface area contributed by atoms with Gasteiger partial charge < -0.3 is 0 Å². The third-order valence-electron chi connectivity index (χ3n) is 2.22. The van der Waals surface area contributed by atoms with Gasteiger partial charge in [0.15, 0.2) is 0 Å². The molecule has 5 nitrogen and oxygen atoms in total. The van der Waals surface area contributed by atoms with Crippen LogP contribution in [0.5, 0.6) is 0 Å². The Labute approximate surface area is 102 Å². The zero-order chi connectivity index (χ0) is 12.6. The molecule has 0 aliphatic heterocycles. The van der Waals surface area contributed by atoms with Gasteiger partial charge in [-0.25, -0.2) is 13.1 Å². The summed E-state index contributed by atoms with van der Waals surface area (Å²) < 4.78 is 23.4. The van der Waals surface area contributed by atoms with Gasteiger partial charge in [-0.15, -0.1) is 0 Å². The van der Waals surface area contributed by atoms with Crippen molar-refractivity contribution < 1.29 is 8.42 Å². The number of hydrogen-bond acceptors (Lipinski definition) is 3. The number of benzene rings is 1. The number of nitrogens with zero attached hydrogens (tertiary/aromatic N) is 1. The van der Waals surface area contributed by atoms with Crippen molar-refractivity contribution in [3.63, 3.8) is 0 Å². The molecular weight excluding hydrogens is 264 g/mol. The molecule has 0 unspecified atom stereocenters. The first-order valence-corrected chi connectivity index (χ1v) is 7.02. The van der Waals surface area contributed by atoms with Crippen LogP contribution in [0.25, 0.3) is 5.69 Å². The van der Waals surface area contributed by atoms with Crippen molar-refractivity contribution in [2.45, 2.75) is 11.8 Å². The minimum atomic E-state index is -3.73. The normalized spacial score (nSPS) is 11.6. The number of H-pyrrole nitrogens is 1. The molecule has 0 spiro atoms. The van der Waals surface area contributed by atoms with Gasteiger partial charge in [-0.2, -0.15) is 0 Å². The van der Waals surface area contributed by atoms with Crippen LogP contribution in [0.4, 0.5) is 0 Å². The highest BCUT2D eigenvalue weighted by Crippen LogP contribution is 2.16. The lowest BCUT2D eigenvalue weighted by molar-refractivity contribution is 0.609. The Morgan fingerprint density at radius 2 is 1.82 bits per heavy atom. The zero-order valence-electron chi connectivity index (χ0n) is 8.84. The van der Waals surface area contributed by atoms with Crippen LogP contribution in [-0.2, 0) is 9.05 Å². The van der Waals surface area contributed by atoms with E-state index in [9.17, 15) is 13.2 Å². The Morgan fingerprint density at radius 3 is 2.24 bits per heavy atom. The van der Waals surface area contributed by atoms with Crippen LogP contribution < -0.4 is 5.56 Å². The Bertz CT molecular complexity index is 698. The van der Waals surface area contributed by atoms with Gasteiger partial charge in [0.2, 0.25) is 0 Å². The third-order valence-corrected chi connectivity index (χ3v) is 3.59. The lowest BCUT2D eigenvalue weighted by Crippen LogP contribution is -2.13. The van der Waals surface area contributed by atoms with Gasteiger partial charge in [-0.05, 0) is 31.2 Å². The van der Waals surface area contributed by atoms with Crippen LogP contribution in [0.3, 0.4) is 0 Å². The van der Waals surface area contributed by atoms with E-state index in [2.05, 4.69) is 5.10 Å². The summed E-state index contributed by atoms with van der Waals surface area (Å²) in [6, 6.07) is 7.16. The quantitative estimate of drug-likeness (QED) is 0.840. The summed E-state index contributed by atoms with van der Waals surface area (Å²) in [4.78, 5) is 11.5. The highest BCUT2D eigenvalue weighted by Gasteiger charge is 2.10. The molecule has 1 N–H and O–H groups in total. The number of nitrogens with one attached hydrogen (secondary N) is 1. The first kappa shape index (κ1) is 11.9. The highest BCUT2D eigenvalue weighted by molar-refractivity contribution is 8.13. The van der Waals surface area contributed by atoms with Gasteiger partial charge in [-0.1, -0.05) is 0 Å². The largest absolute Gasteiger partial charge is 0.295 e. The SMILES string of the molecule is Cc1cc(=O)n(-c2ccc(S(=O)(=O)Cl)cc2)[nH]1. The molecule has 7 heteroatoms. The predicted octanol–water partition coefficient (Wildman–Crippen LogP) is 1.40. The second-order valence-electron chi connectivity index (χ2n) is 3.54. The Hall–Kier alpha value is -1.53. The van der Waals surface area contributed by atoms with Crippen molar-refractivity contribution in [1.82, 2.24) is 9.78 Å². The molecule has 90 valence electrons. The smallest absolute Gasteiger partial charge is 0.271 e. The average Bonchev–Trinajstić information content (AvgIpc) is 2.57. The molecule has 0 saturated heterocycles. The fourth-order valence-corrected chi connectivity index (χ4v) is 2.23. The van der Waals surface area contributed by atoms with Gasteiger partial charge in [-0.3, -0.25) is 9.89 Å². The van der Waals surface area contributed by atoms with E-state index in [0.29, 0.717) is 5.69 Å². The van der Waals surface area contributed by atoms with Gasteiger partial charge in [0.05, 0.1) is 10.6 Å². The zero-order valence-corrected chi connectivity index (χ0v) is 10.4. The van der Waals surface area contributed by atoms with Crippen molar-refractivity contribution in [3.05, 3.63) is 46.4 Å². The Morgan fingerprint density at radius 1 is 1.24 bits per heavy atom. The molecule has 0 bridgehead atoms. The highest BCUT2D eigenvalue weighted by atomic mass is 35.7. The van der Waals surface area contributed by atoms with Crippen molar-refractivity contribution in [2.24, 2.45) is 0 Å². The maximum Gasteiger partial charge on any atom is 0.271 e. The molecule has 0 aliphatic rings. The van der Waals surface area contributed by atoms with Crippen LogP contribution in [0.2, 0.25) is 0 Å². The van der Waals surface area contributed by atoms with Gasteiger partial charge in [0.1, 0.15) is 0 Å². The van der Waals surface area contributed by atoms with E-state index in [1.165, 1.54) is 35.0 Å². The Kier molecular flexibility index (Phi) is 2.84. The number of aryl methyl sites for hydroxylation is 1. The summed E-state index contributed by atoms with van der Waals surface area (Å²) in [5.41, 5.74) is 1.07. The first-order chi connectivity index (χ1) is 7.88. The number of halogens is 1. The topological polar surface area (TPSA) is 71.9 Å². The molecule has 0 radical (unpaired) electrons. The molecule has 1 aromatic heterocycles. The lowest BCUT2D eigenvalue weighted by atomic mass is 10.3. The first-order valence-electron chi connectivity index (χ1n) is 4.72. The lowest BCUT2D eigenvalue weighted by Gasteiger charge is -2.02. The summed E-state index contributed by atoms with van der Waals surface area (Å²) in [5.74, 6) is 0. The van der Waals surface area contributed by atoms with Crippen molar-refractivity contribution in [3.8, 4) is 5.69 Å².